The zero-order valence-electron chi connectivity index (χ0n) is 11.2. The number of imidazole rings is 1. The average molecular weight is 299 g/mol. The van der Waals surface area contributed by atoms with E-state index in [1.807, 2.05) is 4.57 Å². The predicted octanol–water partition coefficient (Wildman–Crippen LogP) is 2.72. The van der Waals surface area contributed by atoms with Crippen LogP contribution in [0.15, 0.2) is 18.2 Å². The summed E-state index contributed by atoms with van der Waals surface area (Å²) in [6.07, 6.45) is 0.806. The van der Waals surface area contributed by atoms with E-state index in [-0.39, 0.29) is 17.3 Å². The van der Waals surface area contributed by atoms with Gasteiger partial charge in [0.05, 0.1) is 30.1 Å². The summed E-state index contributed by atoms with van der Waals surface area (Å²) in [6.45, 7) is 1.76. The summed E-state index contributed by atoms with van der Waals surface area (Å²) >= 11 is 5.97. The minimum Gasteiger partial charge on any atom is -0.378 e. The fourth-order valence-corrected chi connectivity index (χ4v) is 2.86. The molecule has 4 nitrogen and oxygen atoms in total. The van der Waals surface area contributed by atoms with Gasteiger partial charge in [0.2, 0.25) is 0 Å². The largest absolute Gasteiger partial charge is 0.378 e. The summed E-state index contributed by atoms with van der Waals surface area (Å²) < 4.78 is 26.5. The second-order valence-electron chi connectivity index (χ2n) is 5.07. The molecule has 1 aliphatic heterocycles. The van der Waals surface area contributed by atoms with Gasteiger partial charge in [-0.2, -0.15) is 0 Å². The van der Waals surface area contributed by atoms with E-state index in [2.05, 4.69) is 4.98 Å². The lowest BCUT2D eigenvalue weighted by molar-refractivity contribution is -0.0291. The minimum absolute atomic E-state index is 0.275. The maximum atomic E-state index is 13.5. The standard InChI is InChI=1S/C14H16ClFN2O2/c1-19-14(4-5-20-9-14)8-18-12-6-10(16)2-3-11(12)17-13(18)7-15/h2-3,6H,4-5,7-9H2,1H3. The first-order chi connectivity index (χ1) is 9.67. The Bertz CT molecular complexity index is 623. The molecule has 1 aromatic carbocycles. The summed E-state index contributed by atoms with van der Waals surface area (Å²) in [7, 11) is 1.68. The number of hydrogen-bond acceptors (Lipinski definition) is 3. The van der Waals surface area contributed by atoms with Gasteiger partial charge >= 0.3 is 0 Å². The zero-order chi connectivity index (χ0) is 14.2. The maximum absolute atomic E-state index is 13.5. The molecule has 3 rings (SSSR count). The van der Waals surface area contributed by atoms with E-state index < -0.39 is 0 Å². The number of hydrogen-bond donors (Lipinski definition) is 0. The molecule has 0 amide bonds. The summed E-state index contributed by atoms with van der Waals surface area (Å²) in [5, 5.41) is 0. The number of alkyl halides is 1. The van der Waals surface area contributed by atoms with Crippen molar-refractivity contribution in [3.05, 3.63) is 29.8 Å². The Labute approximate surface area is 121 Å². The van der Waals surface area contributed by atoms with Crippen molar-refractivity contribution >= 4 is 22.6 Å². The Balaban J connectivity index is 2.06. The topological polar surface area (TPSA) is 36.3 Å². The Morgan fingerprint density at radius 1 is 1.55 bits per heavy atom. The van der Waals surface area contributed by atoms with Gasteiger partial charge in [0.1, 0.15) is 17.2 Å². The van der Waals surface area contributed by atoms with Gasteiger partial charge in [0.15, 0.2) is 0 Å². The Morgan fingerprint density at radius 2 is 2.40 bits per heavy atom. The van der Waals surface area contributed by atoms with Gasteiger partial charge in [-0.15, -0.1) is 11.6 Å². The first-order valence-corrected chi connectivity index (χ1v) is 7.04. The Hall–Kier alpha value is -1.17. The SMILES string of the molecule is COC1(Cn2c(CCl)nc3ccc(F)cc32)CCOC1. The van der Waals surface area contributed by atoms with Gasteiger partial charge in [-0.3, -0.25) is 0 Å². The van der Waals surface area contributed by atoms with Gasteiger partial charge in [0.25, 0.3) is 0 Å². The molecule has 108 valence electrons. The molecular formula is C14H16ClFN2O2. The van der Waals surface area contributed by atoms with Crippen molar-refractivity contribution in [3.63, 3.8) is 0 Å². The van der Waals surface area contributed by atoms with Crippen LogP contribution in [-0.4, -0.2) is 35.5 Å². The molecule has 0 N–H and O–H groups in total. The van der Waals surface area contributed by atoms with Crippen LogP contribution < -0.4 is 0 Å². The van der Waals surface area contributed by atoms with Crippen LogP contribution in [0.25, 0.3) is 11.0 Å². The molecule has 2 aromatic rings. The molecule has 1 aromatic heterocycles. The monoisotopic (exact) mass is 298 g/mol. The Morgan fingerprint density at radius 3 is 3.05 bits per heavy atom. The van der Waals surface area contributed by atoms with Crippen molar-refractivity contribution in [1.29, 1.82) is 0 Å². The molecule has 1 unspecified atom stereocenters. The van der Waals surface area contributed by atoms with Crippen LogP contribution in [0.3, 0.4) is 0 Å². The summed E-state index contributed by atoms with van der Waals surface area (Å²) in [5.41, 5.74) is 1.09. The lowest BCUT2D eigenvalue weighted by atomic mass is 10.0. The summed E-state index contributed by atoms with van der Waals surface area (Å²) in [6, 6.07) is 4.56. The molecular weight excluding hydrogens is 283 g/mol. The average Bonchev–Trinajstić information content (AvgIpc) is 3.05. The second kappa shape index (κ2) is 5.31. The van der Waals surface area contributed by atoms with Crippen LogP contribution >= 0.6 is 11.6 Å². The third-order valence-electron chi connectivity index (χ3n) is 3.86. The smallest absolute Gasteiger partial charge is 0.125 e. The lowest BCUT2D eigenvalue weighted by Crippen LogP contribution is -2.37. The molecule has 1 fully saturated rings. The van der Waals surface area contributed by atoms with Crippen LogP contribution in [-0.2, 0) is 21.9 Å². The van der Waals surface area contributed by atoms with E-state index in [1.54, 1.807) is 13.2 Å². The highest BCUT2D eigenvalue weighted by molar-refractivity contribution is 6.16. The third kappa shape index (κ3) is 2.30. The van der Waals surface area contributed by atoms with Gasteiger partial charge in [-0.1, -0.05) is 0 Å². The third-order valence-corrected chi connectivity index (χ3v) is 4.09. The van der Waals surface area contributed by atoms with E-state index in [0.29, 0.717) is 19.8 Å². The molecule has 1 atom stereocenters. The number of nitrogens with zero attached hydrogens (tertiary/aromatic N) is 2. The number of methoxy groups -OCH3 is 1. The van der Waals surface area contributed by atoms with Crippen LogP contribution in [0, 0.1) is 5.82 Å². The van der Waals surface area contributed by atoms with E-state index >= 15 is 0 Å². The number of aromatic nitrogens is 2. The molecule has 1 aliphatic rings. The summed E-state index contributed by atoms with van der Waals surface area (Å²) in [4.78, 5) is 4.45. The van der Waals surface area contributed by atoms with Crippen LogP contribution in [0.1, 0.15) is 12.2 Å². The molecule has 2 heterocycles. The summed E-state index contributed by atoms with van der Waals surface area (Å²) in [5.74, 6) is 0.709. The van der Waals surface area contributed by atoms with E-state index in [0.717, 1.165) is 23.3 Å². The van der Waals surface area contributed by atoms with Crippen molar-refractivity contribution in [3.8, 4) is 0 Å². The van der Waals surface area contributed by atoms with Crippen molar-refractivity contribution in [2.45, 2.75) is 24.4 Å². The fraction of sp³-hybridized carbons (Fsp3) is 0.500. The molecule has 0 bridgehead atoms. The van der Waals surface area contributed by atoms with Crippen molar-refractivity contribution in [2.75, 3.05) is 20.3 Å². The second-order valence-corrected chi connectivity index (χ2v) is 5.34. The number of rotatable bonds is 4. The maximum Gasteiger partial charge on any atom is 0.125 e. The predicted molar refractivity (Wildman–Crippen MR) is 74.4 cm³/mol. The molecule has 0 aliphatic carbocycles. The van der Waals surface area contributed by atoms with Gasteiger partial charge in [-0.05, 0) is 18.2 Å². The van der Waals surface area contributed by atoms with Gasteiger partial charge in [-0.25, -0.2) is 9.37 Å². The normalized spacial score (nSPS) is 22.8. The number of benzene rings is 1. The highest BCUT2D eigenvalue weighted by atomic mass is 35.5. The zero-order valence-corrected chi connectivity index (χ0v) is 12.0. The van der Waals surface area contributed by atoms with Crippen molar-refractivity contribution in [1.82, 2.24) is 9.55 Å². The van der Waals surface area contributed by atoms with Crippen LogP contribution in [0.5, 0.6) is 0 Å². The molecule has 6 heteroatoms. The fourth-order valence-electron chi connectivity index (χ4n) is 2.65. The number of fused-ring (bicyclic) bond motifs is 1. The number of halogens is 2. The number of ether oxygens (including phenoxy) is 2. The molecule has 20 heavy (non-hydrogen) atoms. The molecule has 0 spiro atoms. The highest BCUT2D eigenvalue weighted by Crippen LogP contribution is 2.28. The Kier molecular flexibility index (Phi) is 3.67. The van der Waals surface area contributed by atoms with E-state index in [1.165, 1.54) is 12.1 Å². The highest BCUT2D eigenvalue weighted by Gasteiger charge is 2.36. The van der Waals surface area contributed by atoms with E-state index in [9.17, 15) is 4.39 Å². The van der Waals surface area contributed by atoms with Gasteiger partial charge in [0, 0.05) is 20.1 Å². The van der Waals surface area contributed by atoms with Crippen LogP contribution in [0.4, 0.5) is 4.39 Å². The molecule has 0 saturated carbocycles. The molecule has 1 saturated heterocycles. The first-order valence-electron chi connectivity index (χ1n) is 6.51. The lowest BCUT2D eigenvalue weighted by Gasteiger charge is -2.27. The van der Waals surface area contributed by atoms with Crippen molar-refractivity contribution in [2.24, 2.45) is 0 Å². The van der Waals surface area contributed by atoms with Crippen LogP contribution in [0.2, 0.25) is 0 Å². The van der Waals surface area contributed by atoms with E-state index in [4.69, 9.17) is 21.1 Å². The molecule has 0 radical (unpaired) electrons. The minimum atomic E-state index is -0.388. The quantitative estimate of drug-likeness (QED) is 0.814. The first kappa shape index (κ1) is 13.8. The van der Waals surface area contributed by atoms with Crippen molar-refractivity contribution < 1.29 is 13.9 Å². The van der Waals surface area contributed by atoms with Gasteiger partial charge < -0.3 is 14.0 Å².